The molecule has 2 rings (SSSR count). The molecule has 6 heteroatoms. The zero-order valence-electron chi connectivity index (χ0n) is 48.0. The Kier molecular flexibility index (Phi) is 33.5. The van der Waals surface area contributed by atoms with E-state index in [0.29, 0.717) is 0 Å². The molecule has 0 spiro atoms. The lowest BCUT2D eigenvalue weighted by Gasteiger charge is -2.38. The Labute approximate surface area is 429 Å². The van der Waals surface area contributed by atoms with E-state index in [2.05, 4.69) is 125 Å². The Morgan fingerprint density at radius 1 is 0.696 bits per heavy atom. The smallest absolute Gasteiger partial charge is 0.133 e. The molecule has 1 aromatic carbocycles. The van der Waals surface area contributed by atoms with Gasteiger partial charge in [-0.15, -0.1) is 0 Å². The third-order valence-corrected chi connectivity index (χ3v) is 15.3. The van der Waals surface area contributed by atoms with Crippen molar-refractivity contribution >= 4 is 0 Å². The van der Waals surface area contributed by atoms with Gasteiger partial charge < -0.3 is 19.1 Å². The van der Waals surface area contributed by atoms with Crippen LogP contribution in [0.1, 0.15) is 244 Å². The number of quaternary nitrogens is 1. The second kappa shape index (κ2) is 36.7. The van der Waals surface area contributed by atoms with Crippen molar-refractivity contribution in [2.75, 3.05) is 53.9 Å². The van der Waals surface area contributed by atoms with Gasteiger partial charge in [0.05, 0.1) is 33.4 Å². The molecule has 0 saturated carbocycles. The Morgan fingerprint density at radius 3 is 1.86 bits per heavy atom. The number of allylic oxidation sites excluding steroid dienone is 5. The van der Waals surface area contributed by atoms with Crippen molar-refractivity contribution in [3.63, 3.8) is 0 Å². The van der Waals surface area contributed by atoms with Crippen LogP contribution in [-0.2, 0) is 6.42 Å². The van der Waals surface area contributed by atoms with Crippen LogP contribution in [0.15, 0.2) is 36.6 Å². The fraction of sp³-hybridized carbons (Fsp3) is 0.810. The largest absolute Gasteiger partial charge is 0.487 e. The fourth-order valence-corrected chi connectivity index (χ4v) is 10.2. The van der Waals surface area contributed by atoms with Crippen LogP contribution < -0.4 is 14.8 Å². The van der Waals surface area contributed by atoms with Gasteiger partial charge in [-0.1, -0.05) is 130 Å². The maximum atomic E-state index is 10.5. The molecule has 0 radical (unpaired) electrons. The van der Waals surface area contributed by atoms with Crippen molar-refractivity contribution in [2.45, 2.75) is 260 Å². The molecule has 0 bridgehead atoms. The highest BCUT2D eigenvalue weighted by atomic mass is 16.5. The molecule has 6 nitrogen and oxygen atoms in total. The van der Waals surface area contributed by atoms with Gasteiger partial charge in [0, 0.05) is 18.5 Å². The average Bonchev–Trinajstić information content (AvgIpc) is 3.29. The Hall–Kier alpha value is -2.12. The predicted octanol–water partition coefficient (Wildman–Crippen LogP) is 17.1. The molecule has 0 amide bonds. The molecule has 0 aliphatic carbocycles. The second-order valence-corrected chi connectivity index (χ2v) is 23.9. The molecular weight excluding hydrogens is 847 g/mol. The van der Waals surface area contributed by atoms with Crippen molar-refractivity contribution in [2.24, 2.45) is 17.8 Å². The number of hydrogen-bond donors (Lipinski definition) is 2. The summed E-state index contributed by atoms with van der Waals surface area (Å²) in [6.07, 6.45) is 44.1. The lowest BCUT2D eigenvalue weighted by atomic mass is 9.83. The van der Waals surface area contributed by atoms with Gasteiger partial charge in [-0.3, -0.25) is 10.2 Å². The molecule has 4 atom stereocenters. The number of nitrogens with zero attached hydrogens (tertiary/aromatic N) is 2. The Morgan fingerprint density at radius 2 is 1.26 bits per heavy atom. The van der Waals surface area contributed by atoms with Crippen LogP contribution in [-0.4, -0.2) is 80.2 Å². The minimum Gasteiger partial charge on any atom is -0.487 e. The number of rotatable bonds is 43. The summed E-state index contributed by atoms with van der Waals surface area (Å²) in [4.78, 5) is 2.67. The zero-order chi connectivity index (χ0) is 50.9. The number of ether oxygens (including phenoxy) is 2. The van der Waals surface area contributed by atoms with Gasteiger partial charge >= 0.3 is 0 Å². The minimum absolute atomic E-state index is 0.0995. The molecule has 1 aliphatic heterocycles. The summed E-state index contributed by atoms with van der Waals surface area (Å²) in [5, 5.41) is 13.9. The number of aliphatic hydroxyl groups is 1. The molecule has 0 fully saturated rings. The summed E-state index contributed by atoms with van der Waals surface area (Å²) in [6, 6.07) is 0. The van der Waals surface area contributed by atoms with Crippen LogP contribution in [0.3, 0.4) is 0 Å². The van der Waals surface area contributed by atoms with E-state index in [0.717, 1.165) is 143 Å². The molecule has 2 N–H and O–H groups in total. The molecule has 4 unspecified atom stereocenters. The van der Waals surface area contributed by atoms with E-state index in [4.69, 9.17) is 9.47 Å². The Balaban J connectivity index is 1.67. The summed E-state index contributed by atoms with van der Waals surface area (Å²) in [5.74, 6) is 5.49. The minimum atomic E-state index is -0.390. The molecule has 1 aliphatic rings. The lowest BCUT2D eigenvalue weighted by Crippen LogP contribution is -2.42. The first-order valence-electron chi connectivity index (χ1n) is 29.4. The molecule has 1 heterocycles. The SMILES string of the molecule is C=C(CCCCCN(CCCCNC(O)CCCC/C=C/CCCC/C=C/CCCCC)CC[N+](C)(C)C)Oc1c(C)c(C)c2c(c1C)CCC(C)(CCCC(C)CCCC(C)CCCC(C)C)O2. The van der Waals surface area contributed by atoms with E-state index in [9.17, 15) is 5.11 Å². The summed E-state index contributed by atoms with van der Waals surface area (Å²) in [5.41, 5.74) is 4.89. The molecule has 1 aromatic rings. The van der Waals surface area contributed by atoms with Crippen LogP contribution in [0.25, 0.3) is 0 Å². The van der Waals surface area contributed by atoms with Crippen molar-refractivity contribution in [1.82, 2.24) is 10.2 Å². The van der Waals surface area contributed by atoms with Crippen molar-refractivity contribution in [3.05, 3.63) is 58.9 Å². The quantitative estimate of drug-likeness (QED) is 0.0225. The zero-order valence-corrected chi connectivity index (χ0v) is 48.0. The average molecular weight is 964 g/mol. The number of hydrogen-bond acceptors (Lipinski definition) is 5. The van der Waals surface area contributed by atoms with Crippen LogP contribution >= 0.6 is 0 Å². The maximum Gasteiger partial charge on any atom is 0.133 e. The van der Waals surface area contributed by atoms with E-state index in [1.165, 1.54) is 138 Å². The first kappa shape index (κ1) is 63.0. The topological polar surface area (TPSA) is 54.0 Å². The summed E-state index contributed by atoms with van der Waals surface area (Å²) in [7, 11) is 6.88. The standard InChI is InChI=1S/C63H116N3O3/c1-14-15-16-17-18-19-20-21-22-23-24-25-26-27-30-43-60(67)64-47-31-33-49-65(50-51-66(11,12)13)48-32-28-29-42-55(6)68-61-56(7)57(8)62-59(58(61)9)44-46-63(10,69-62)45-36-41-54(5)40-35-39-53(4)38-34-37-52(2)3/h18-19,24-25,52-54,60,64,67H,6,14-17,20-23,26-51H2,1-5,7-13H3/q+1/b19-18+,25-24+. The maximum absolute atomic E-state index is 10.5. The van der Waals surface area contributed by atoms with Crippen molar-refractivity contribution in [1.29, 1.82) is 0 Å². The number of fused-ring (bicyclic) bond motifs is 1. The number of likely N-dealkylation sites (N-methyl/N-ethyl adjacent to an activating group) is 1. The molecule has 0 aromatic heterocycles. The number of aliphatic hydroxyl groups excluding tert-OH is 1. The summed E-state index contributed by atoms with van der Waals surface area (Å²) in [6.45, 7) is 30.7. The lowest BCUT2D eigenvalue weighted by molar-refractivity contribution is -0.869. The first-order valence-corrected chi connectivity index (χ1v) is 29.4. The van der Waals surface area contributed by atoms with E-state index >= 15 is 0 Å². The van der Waals surface area contributed by atoms with Crippen LogP contribution in [0.4, 0.5) is 0 Å². The van der Waals surface area contributed by atoms with Gasteiger partial charge in [0.2, 0.25) is 0 Å². The van der Waals surface area contributed by atoms with E-state index in [1.54, 1.807) is 0 Å². The van der Waals surface area contributed by atoms with Gasteiger partial charge in [0.15, 0.2) is 0 Å². The van der Waals surface area contributed by atoms with E-state index in [-0.39, 0.29) is 5.60 Å². The van der Waals surface area contributed by atoms with Crippen LogP contribution in [0, 0.1) is 38.5 Å². The van der Waals surface area contributed by atoms with Gasteiger partial charge in [0.25, 0.3) is 0 Å². The third kappa shape index (κ3) is 29.9. The Bertz CT molecular complexity index is 1540. The third-order valence-electron chi connectivity index (χ3n) is 15.3. The number of nitrogens with one attached hydrogen (secondary N) is 1. The molecule has 400 valence electrons. The van der Waals surface area contributed by atoms with Gasteiger partial charge in [0.1, 0.15) is 23.3 Å². The number of benzene rings is 1. The highest BCUT2D eigenvalue weighted by Gasteiger charge is 2.34. The molecule has 69 heavy (non-hydrogen) atoms. The van der Waals surface area contributed by atoms with Crippen molar-refractivity contribution in [3.8, 4) is 11.5 Å². The van der Waals surface area contributed by atoms with E-state index < -0.39 is 6.23 Å². The summed E-state index contributed by atoms with van der Waals surface area (Å²) >= 11 is 0. The van der Waals surface area contributed by atoms with Gasteiger partial charge in [-0.2, -0.15) is 0 Å². The first-order chi connectivity index (χ1) is 32.9. The fourth-order valence-electron chi connectivity index (χ4n) is 10.2. The molecule has 0 saturated heterocycles. The normalized spacial score (nSPS) is 16.7. The van der Waals surface area contributed by atoms with Crippen LogP contribution in [0.5, 0.6) is 11.5 Å². The second-order valence-electron chi connectivity index (χ2n) is 23.9. The van der Waals surface area contributed by atoms with Crippen LogP contribution in [0.2, 0.25) is 0 Å². The van der Waals surface area contributed by atoms with Gasteiger partial charge in [-0.05, 0) is 197 Å². The molecular formula is C63H116N3O3+. The highest BCUT2D eigenvalue weighted by Crippen LogP contribution is 2.45. The van der Waals surface area contributed by atoms with Gasteiger partial charge in [-0.25, -0.2) is 0 Å². The number of unbranched alkanes of at least 4 members (excludes halogenated alkanes) is 11. The summed E-state index contributed by atoms with van der Waals surface area (Å²) < 4.78 is 14.6. The predicted molar refractivity (Wildman–Crippen MR) is 303 cm³/mol. The monoisotopic (exact) mass is 963 g/mol. The van der Waals surface area contributed by atoms with E-state index in [1.807, 2.05) is 0 Å². The highest BCUT2D eigenvalue weighted by molar-refractivity contribution is 5.59. The van der Waals surface area contributed by atoms with Crippen molar-refractivity contribution < 1.29 is 19.1 Å².